The molecule has 11 heteroatoms. The fourth-order valence-corrected chi connectivity index (χ4v) is 4.98. The molecule has 2 aromatic carbocycles. The lowest BCUT2D eigenvalue weighted by Crippen LogP contribution is -2.38. The van der Waals surface area contributed by atoms with Crippen molar-refractivity contribution in [3.63, 3.8) is 0 Å². The molecule has 2 saturated heterocycles. The molecule has 0 spiro atoms. The Morgan fingerprint density at radius 1 is 0.925 bits per heavy atom. The third kappa shape index (κ3) is 5.91. The average Bonchev–Trinajstić information content (AvgIpc) is 3.43. The first-order valence-electron chi connectivity index (χ1n) is 13.6. The number of aromatic nitrogens is 4. The maximum absolute atomic E-state index is 11.8. The lowest BCUT2D eigenvalue weighted by molar-refractivity contribution is 0.0361. The Hall–Kier alpha value is -4.06. The monoisotopic (exact) mass is 543 g/mol. The van der Waals surface area contributed by atoms with Crippen LogP contribution in [0.4, 0.5) is 17.5 Å². The van der Waals surface area contributed by atoms with Gasteiger partial charge < -0.3 is 24.4 Å². The Balaban J connectivity index is 1.30. The van der Waals surface area contributed by atoms with E-state index in [-0.39, 0.29) is 5.97 Å². The summed E-state index contributed by atoms with van der Waals surface area (Å²) in [5.41, 5.74) is 4.17. The van der Waals surface area contributed by atoms with Gasteiger partial charge in [-0.2, -0.15) is 10.1 Å². The van der Waals surface area contributed by atoms with Gasteiger partial charge in [-0.15, -0.1) is 0 Å². The van der Waals surface area contributed by atoms with Crippen LogP contribution in [0.1, 0.15) is 10.4 Å². The summed E-state index contributed by atoms with van der Waals surface area (Å²) in [5, 5.41) is 9.14. The van der Waals surface area contributed by atoms with Crippen molar-refractivity contribution in [2.45, 2.75) is 6.54 Å². The van der Waals surface area contributed by atoms with Crippen molar-refractivity contribution < 1.29 is 19.0 Å². The molecule has 208 valence electrons. The summed E-state index contributed by atoms with van der Waals surface area (Å²) >= 11 is 0. The van der Waals surface area contributed by atoms with Gasteiger partial charge >= 0.3 is 5.97 Å². The number of benzene rings is 2. The average molecular weight is 544 g/mol. The van der Waals surface area contributed by atoms with E-state index in [1.165, 1.54) is 7.11 Å². The van der Waals surface area contributed by atoms with E-state index in [1.807, 2.05) is 24.4 Å². The van der Waals surface area contributed by atoms with Gasteiger partial charge in [-0.1, -0.05) is 12.1 Å². The van der Waals surface area contributed by atoms with E-state index in [0.29, 0.717) is 30.5 Å². The number of morpholine rings is 2. The van der Waals surface area contributed by atoms with Crippen molar-refractivity contribution in [3.05, 3.63) is 60.3 Å². The van der Waals surface area contributed by atoms with Crippen molar-refractivity contribution in [2.24, 2.45) is 0 Å². The zero-order valence-electron chi connectivity index (χ0n) is 22.6. The van der Waals surface area contributed by atoms with Gasteiger partial charge in [-0.05, 0) is 30.3 Å². The molecule has 1 N–H and O–H groups in total. The minimum Gasteiger partial charge on any atom is -0.465 e. The van der Waals surface area contributed by atoms with E-state index < -0.39 is 0 Å². The molecule has 2 aromatic heterocycles. The van der Waals surface area contributed by atoms with Crippen molar-refractivity contribution >= 4 is 34.3 Å². The van der Waals surface area contributed by atoms with Crippen LogP contribution in [0.25, 0.3) is 22.2 Å². The molecule has 0 aliphatic carbocycles. The van der Waals surface area contributed by atoms with Crippen LogP contribution in [0.5, 0.6) is 0 Å². The molecule has 2 aliphatic rings. The molecule has 0 radical (unpaired) electrons. The lowest BCUT2D eigenvalue weighted by atomic mass is 10.1. The van der Waals surface area contributed by atoms with Crippen molar-refractivity contribution in [2.75, 3.05) is 76.5 Å². The summed E-state index contributed by atoms with van der Waals surface area (Å²) in [6.45, 7) is 7.96. The van der Waals surface area contributed by atoms with Crippen LogP contribution in [0, 0.1) is 0 Å². The maximum atomic E-state index is 11.8. The Morgan fingerprint density at radius 2 is 1.68 bits per heavy atom. The Bertz CT molecular complexity index is 1460. The molecule has 40 heavy (non-hydrogen) atoms. The number of nitrogens with one attached hydrogen (secondary N) is 1. The second-order valence-electron chi connectivity index (χ2n) is 9.83. The maximum Gasteiger partial charge on any atom is 0.337 e. The quantitative estimate of drug-likeness (QED) is 0.333. The van der Waals surface area contributed by atoms with Crippen molar-refractivity contribution in [1.82, 2.24) is 24.6 Å². The molecule has 4 heterocycles. The number of hydrogen-bond acceptors (Lipinski definition) is 10. The van der Waals surface area contributed by atoms with Crippen molar-refractivity contribution in [1.29, 1.82) is 0 Å². The van der Waals surface area contributed by atoms with E-state index in [4.69, 9.17) is 24.2 Å². The first kappa shape index (κ1) is 26.2. The summed E-state index contributed by atoms with van der Waals surface area (Å²) in [6.07, 6.45) is 1.92. The van der Waals surface area contributed by atoms with Gasteiger partial charge in [0.2, 0.25) is 5.95 Å². The molecule has 0 unspecified atom stereocenters. The van der Waals surface area contributed by atoms with Gasteiger partial charge in [0.15, 0.2) is 0 Å². The first-order chi connectivity index (χ1) is 19.7. The zero-order chi connectivity index (χ0) is 27.3. The van der Waals surface area contributed by atoms with Crippen LogP contribution in [0.15, 0.2) is 54.7 Å². The zero-order valence-corrected chi connectivity index (χ0v) is 22.6. The molecule has 2 aliphatic heterocycles. The molecule has 6 rings (SSSR count). The molecule has 0 amide bonds. The Morgan fingerprint density at radius 3 is 2.42 bits per heavy atom. The van der Waals surface area contributed by atoms with E-state index in [2.05, 4.69) is 43.1 Å². The number of carbonyl (C=O) groups excluding carboxylic acids is 1. The van der Waals surface area contributed by atoms with Gasteiger partial charge in [0, 0.05) is 55.4 Å². The van der Waals surface area contributed by atoms with Crippen LogP contribution >= 0.6 is 0 Å². The number of hydrogen-bond donors (Lipinski definition) is 1. The van der Waals surface area contributed by atoms with Crippen molar-refractivity contribution in [3.8, 4) is 11.3 Å². The van der Waals surface area contributed by atoms with Gasteiger partial charge in [-0.3, -0.25) is 9.58 Å². The van der Waals surface area contributed by atoms with E-state index in [0.717, 1.165) is 80.3 Å². The topological polar surface area (TPSA) is 107 Å². The molecule has 0 saturated carbocycles. The highest BCUT2D eigenvalue weighted by atomic mass is 16.5. The van der Waals surface area contributed by atoms with Crippen LogP contribution in [-0.4, -0.2) is 96.9 Å². The van der Waals surface area contributed by atoms with Gasteiger partial charge in [0.05, 0.1) is 63.1 Å². The molecule has 11 nitrogen and oxygen atoms in total. The number of nitrogens with zero attached hydrogens (tertiary/aromatic N) is 6. The molecular weight excluding hydrogens is 510 g/mol. The summed E-state index contributed by atoms with van der Waals surface area (Å²) in [4.78, 5) is 26.2. The number of ether oxygens (including phenoxy) is 3. The number of anilines is 3. The number of esters is 1. The molecule has 0 atom stereocenters. The molecular formula is C29H33N7O4. The third-order valence-corrected chi connectivity index (χ3v) is 7.26. The van der Waals surface area contributed by atoms with E-state index >= 15 is 0 Å². The van der Waals surface area contributed by atoms with E-state index in [9.17, 15) is 4.79 Å². The van der Waals surface area contributed by atoms with Gasteiger partial charge in [-0.25, -0.2) is 9.78 Å². The third-order valence-electron chi connectivity index (χ3n) is 7.26. The van der Waals surface area contributed by atoms with Crippen LogP contribution in [-0.2, 0) is 20.8 Å². The highest BCUT2D eigenvalue weighted by Crippen LogP contribution is 2.28. The summed E-state index contributed by atoms with van der Waals surface area (Å²) in [6, 6.07) is 15.4. The van der Waals surface area contributed by atoms with Crippen LogP contribution < -0.4 is 10.2 Å². The van der Waals surface area contributed by atoms with E-state index in [1.54, 1.807) is 12.1 Å². The highest BCUT2D eigenvalue weighted by molar-refractivity contribution is 5.90. The highest BCUT2D eigenvalue weighted by Gasteiger charge is 2.18. The summed E-state index contributed by atoms with van der Waals surface area (Å²) in [5.74, 6) is 0.943. The van der Waals surface area contributed by atoms with Crippen LogP contribution in [0.2, 0.25) is 0 Å². The SMILES string of the molecule is COC(=O)c1ccc(Nc2cc(-c3ccc4cnn(CCN5CCOCC5)c4c3)nc(N3CCOCC3)n2)cc1. The predicted molar refractivity (Wildman–Crippen MR) is 152 cm³/mol. The predicted octanol–water partition coefficient (Wildman–Crippen LogP) is 3.19. The largest absolute Gasteiger partial charge is 0.465 e. The number of fused-ring (bicyclic) bond motifs is 1. The number of rotatable bonds is 8. The number of methoxy groups -OCH3 is 1. The standard InChI is InChI=1S/C29H33N7O4/c1-38-28(37)21-4-6-24(7-5-21)31-27-19-25(32-29(33-27)35-12-16-40-17-13-35)22-2-3-23-20-30-36(26(23)18-22)9-8-34-10-14-39-15-11-34/h2-7,18-20H,8-17H2,1H3,(H,31,32,33). The van der Waals surface area contributed by atoms with Gasteiger partial charge in [0.1, 0.15) is 5.82 Å². The van der Waals surface area contributed by atoms with Crippen LogP contribution in [0.3, 0.4) is 0 Å². The summed E-state index contributed by atoms with van der Waals surface area (Å²) in [7, 11) is 1.37. The minimum absolute atomic E-state index is 0.370. The fraction of sp³-hybridized carbons (Fsp3) is 0.379. The normalized spacial score (nSPS) is 16.3. The Labute approximate surface area is 232 Å². The molecule has 4 aromatic rings. The second kappa shape index (κ2) is 12.0. The molecule has 0 bridgehead atoms. The first-order valence-corrected chi connectivity index (χ1v) is 13.6. The Kier molecular flexibility index (Phi) is 7.85. The molecule has 2 fully saturated rings. The second-order valence-corrected chi connectivity index (χ2v) is 9.83. The lowest BCUT2D eigenvalue weighted by Gasteiger charge is -2.27. The summed E-state index contributed by atoms with van der Waals surface area (Å²) < 4.78 is 17.9. The fourth-order valence-electron chi connectivity index (χ4n) is 4.98. The number of carbonyl (C=O) groups is 1. The van der Waals surface area contributed by atoms with Gasteiger partial charge in [0.25, 0.3) is 0 Å². The minimum atomic E-state index is -0.370. The smallest absolute Gasteiger partial charge is 0.337 e.